The number of unbranched alkanes of at least 4 members (excludes halogenated alkanes) is 29. The van der Waals surface area contributed by atoms with Crippen molar-refractivity contribution < 1.29 is 19.1 Å². The van der Waals surface area contributed by atoms with E-state index in [0.717, 1.165) is 38.5 Å². The molecule has 0 N–H and O–H groups in total. The van der Waals surface area contributed by atoms with Gasteiger partial charge in [0.2, 0.25) is 0 Å². The SMILES string of the molecule is CCCCCCCCCCCCCCCC(=O)OCCCCCCCCCCCCCCCCCCCC(=O)OCCCC. The lowest BCUT2D eigenvalue weighted by Crippen LogP contribution is -2.05. The zero-order valence-corrected chi connectivity index (χ0v) is 30.1. The summed E-state index contributed by atoms with van der Waals surface area (Å²) in [5, 5.41) is 0. The number of carbonyl (C=O) groups is 2. The number of carbonyl (C=O) groups excluding carboxylic acids is 2. The van der Waals surface area contributed by atoms with Crippen LogP contribution in [-0.4, -0.2) is 25.2 Å². The van der Waals surface area contributed by atoms with Crippen molar-refractivity contribution in [2.45, 2.75) is 232 Å². The Bertz CT molecular complexity index is 576. The second-order valence-corrected chi connectivity index (χ2v) is 13.5. The summed E-state index contributed by atoms with van der Waals surface area (Å²) in [6.07, 6.45) is 42.6. The van der Waals surface area contributed by atoms with Crippen molar-refractivity contribution in [1.82, 2.24) is 0 Å². The molecule has 0 rings (SSSR count). The van der Waals surface area contributed by atoms with Crippen LogP contribution >= 0.6 is 0 Å². The van der Waals surface area contributed by atoms with E-state index in [1.54, 1.807) is 0 Å². The highest BCUT2D eigenvalue weighted by atomic mass is 16.5. The largest absolute Gasteiger partial charge is 0.466 e. The van der Waals surface area contributed by atoms with E-state index >= 15 is 0 Å². The van der Waals surface area contributed by atoms with E-state index in [9.17, 15) is 9.59 Å². The quantitative estimate of drug-likeness (QED) is 0.0511. The van der Waals surface area contributed by atoms with Crippen LogP contribution in [0.15, 0.2) is 0 Å². The summed E-state index contributed by atoms with van der Waals surface area (Å²) in [6.45, 7) is 5.61. The molecule has 0 saturated carbocycles. The van der Waals surface area contributed by atoms with Crippen molar-refractivity contribution in [1.29, 1.82) is 0 Å². The van der Waals surface area contributed by atoms with E-state index in [2.05, 4.69) is 13.8 Å². The van der Waals surface area contributed by atoms with Gasteiger partial charge in [-0.1, -0.05) is 194 Å². The third-order valence-corrected chi connectivity index (χ3v) is 9.03. The molecule has 0 amide bonds. The molecule has 0 aromatic heterocycles. The number of hydrogen-bond acceptors (Lipinski definition) is 4. The van der Waals surface area contributed by atoms with Crippen LogP contribution in [0.5, 0.6) is 0 Å². The number of hydrogen-bond donors (Lipinski definition) is 0. The van der Waals surface area contributed by atoms with E-state index in [4.69, 9.17) is 9.47 Å². The van der Waals surface area contributed by atoms with Crippen LogP contribution in [0.25, 0.3) is 0 Å². The van der Waals surface area contributed by atoms with Crippen molar-refractivity contribution in [2.24, 2.45) is 0 Å². The van der Waals surface area contributed by atoms with E-state index in [1.807, 2.05) is 0 Å². The minimum atomic E-state index is -0.0109. The summed E-state index contributed by atoms with van der Waals surface area (Å²) in [7, 11) is 0. The Morgan fingerprint density at radius 3 is 0.818 bits per heavy atom. The summed E-state index contributed by atoms with van der Waals surface area (Å²) in [5.74, 6) is 0.00437. The van der Waals surface area contributed by atoms with Crippen LogP contribution in [0.1, 0.15) is 232 Å². The van der Waals surface area contributed by atoms with Gasteiger partial charge in [0.1, 0.15) is 0 Å². The van der Waals surface area contributed by atoms with Crippen molar-refractivity contribution in [3.63, 3.8) is 0 Å². The molecule has 0 aromatic rings. The molecule has 0 saturated heterocycles. The Hall–Kier alpha value is -1.06. The van der Waals surface area contributed by atoms with Crippen LogP contribution in [0.2, 0.25) is 0 Å². The first-order chi connectivity index (χ1) is 21.7. The van der Waals surface area contributed by atoms with Crippen molar-refractivity contribution >= 4 is 11.9 Å². The zero-order valence-electron chi connectivity index (χ0n) is 30.1. The molecule has 0 fully saturated rings. The molecule has 0 spiro atoms. The van der Waals surface area contributed by atoms with Gasteiger partial charge in [0.15, 0.2) is 0 Å². The molecular formula is C40H78O4. The van der Waals surface area contributed by atoms with E-state index in [-0.39, 0.29) is 11.9 Å². The summed E-state index contributed by atoms with van der Waals surface area (Å²) in [4.78, 5) is 23.5. The van der Waals surface area contributed by atoms with Gasteiger partial charge in [0.25, 0.3) is 0 Å². The standard InChI is InChI=1S/C40H78O4/c1-3-5-7-8-9-10-11-17-20-23-27-30-33-36-40(42)44-38-34-31-28-25-22-19-16-14-12-13-15-18-21-24-26-29-32-35-39(41)43-37-6-4-2/h3-38H2,1-2H3. The first-order valence-electron chi connectivity index (χ1n) is 20.0. The molecule has 262 valence electrons. The molecule has 0 aliphatic carbocycles. The van der Waals surface area contributed by atoms with E-state index in [1.165, 1.54) is 167 Å². The minimum absolute atomic E-state index is 0.0109. The fourth-order valence-electron chi connectivity index (χ4n) is 5.97. The minimum Gasteiger partial charge on any atom is -0.466 e. The Balaban J connectivity index is 3.17. The molecule has 44 heavy (non-hydrogen) atoms. The van der Waals surface area contributed by atoms with Gasteiger partial charge in [0.05, 0.1) is 13.2 Å². The number of ether oxygens (including phenoxy) is 2. The molecule has 4 heteroatoms. The predicted octanol–water partition coefficient (Wildman–Crippen LogP) is 13.4. The topological polar surface area (TPSA) is 52.6 Å². The summed E-state index contributed by atoms with van der Waals surface area (Å²) in [5.41, 5.74) is 0. The second-order valence-electron chi connectivity index (χ2n) is 13.5. The van der Waals surface area contributed by atoms with Gasteiger partial charge in [-0.05, 0) is 25.7 Å². The molecule has 0 aliphatic heterocycles. The molecule has 0 unspecified atom stereocenters. The summed E-state index contributed by atoms with van der Waals surface area (Å²) in [6, 6.07) is 0. The average molecular weight is 623 g/mol. The molecule has 0 aromatic carbocycles. The summed E-state index contributed by atoms with van der Waals surface area (Å²) < 4.78 is 10.6. The first-order valence-corrected chi connectivity index (χ1v) is 20.0. The van der Waals surface area contributed by atoms with Crippen LogP contribution in [0, 0.1) is 0 Å². The van der Waals surface area contributed by atoms with Crippen LogP contribution in [0.4, 0.5) is 0 Å². The van der Waals surface area contributed by atoms with Gasteiger partial charge in [-0.2, -0.15) is 0 Å². The average Bonchev–Trinajstić information content (AvgIpc) is 3.02. The molecule has 0 bridgehead atoms. The maximum atomic E-state index is 11.9. The lowest BCUT2D eigenvalue weighted by atomic mass is 10.0. The van der Waals surface area contributed by atoms with Crippen LogP contribution < -0.4 is 0 Å². The summed E-state index contributed by atoms with van der Waals surface area (Å²) >= 11 is 0. The highest BCUT2D eigenvalue weighted by Gasteiger charge is 2.04. The fraction of sp³-hybridized carbons (Fsp3) is 0.950. The Morgan fingerprint density at radius 1 is 0.295 bits per heavy atom. The molecule has 0 atom stereocenters. The van der Waals surface area contributed by atoms with Gasteiger partial charge in [-0.25, -0.2) is 0 Å². The maximum Gasteiger partial charge on any atom is 0.305 e. The van der Waals surface area contributed by atoms with Gasteiger partial charge in [-0.3, -0.25) is 9.59 Å². The highest BCUT2D eigenvalue weighted by Crippen LogP contribution is 2.16. The Morgan fingerprint density at radius 2 is 0.523 bits per heavy atom. The van der Waals surface area contributed by atoms with Gasteiger partial charge >= 0.3 is 11.9 Å². The smallest absolute Gasteiger partial charge is 0.305 e. The normalized spacial score (nSPS) is 11.2. The Labute approximate surface area is 276 Å². The van der Waals surface area contributed by atoms with E-state index < -0.39 is 0 Å². The first kappa shape index (κ1) is 42.9. The zero-order chi connectivity index (χ0) is 32.0. The highest BCUT2D eigenvalue weighted by molar-refractivity contribution is 5.69. The van der Waals surface area contributed by atoms with Gasteiger partial charge < -0.3 is 9.47 Å². The van der Waals surface area contributed by atoms with Gasteiger partial charge in [0, 0.05) is 12.8 Å². The molecular weight excluding hydrogens is 544 g/mol. The second kappa shape index (κ2) is 38.1. The lowest BCUT2D eigenvalue weighted by molar-refractivity contribution is -0.144. The lowest BCUT2D eigenvalue weighted by Gasteiger charge is -2.06. The third-order valence-electron chi connectivity index (χ3n) is 9.03. The molecule has 0 heterocycles. The molecule has 4 nitrogen and oxygen atoms in total. The van der Waals surface area contributed by atoms with Crippen LogP contribution in [0.3, 0.4) is 0 Å². The van der Waals surface area contributed by atoms with Crippen molar-refractivity contribution in [3.05, 3.63) is 0 Å². The third kappa shape index (κ3) is 37.1. The van der Waals surface area contributed by atoms with Crippen molar-refractivity contribution in [2.75, 3.05) is 13.2 Å². The van der Waals surface area contributed by atoms with E-state index in [0.29, 0.717) is 26.1 Å². The monoisotopic (exact) mass is 623 g/mol. The maximum absolute atomic E-state index is 11.9. The number of esters is 2. The molecule has 0 aliphatic rings. The van der Waals surface area contributed by atoms with Crippen molar-refractivity contribution in [3.8, 4) is 0 Å². The molecule has 0 radical (unpaired) electrons. The van der Waals surface area contributed by atoms with Gasteiger partial charge in [-0.15, -0.1) is 0 Å². The predicted molar refractivity (Wildman–Crippen MR) is 190 cm³/mol. The fourth-order valence-corrected chi connectivity index (χ4v) is 5.97. The Kier molecular flexibility index (Phi) is 37.2. The van der Waals surface area contributed by atoms with Crippen LogP contribution in [-0.2, 0) is 19.1 Å². The number of rotatable bonds is 37.